The molecule has 0 radical (unpaired) electrons. The molecule has 0 aliphatic carbocycles. The number of carboxylic acids is 1. The average molecular weight is 228 g/mol. The first kappa shape index (κ1) is 13.0. The third-order valence-corrected chi connectivity index (χ3v) is 3.01. The van der Waals surface area contributed by atoms with Crippen LogP contribution in [-0.4, -0.2) is 48.6 Å². The van der Waals surface area contributed by atoms with Crippen molar-refractivity contribution in [1.82, 2.24) is 10.2 Å². The lowest BCUT2D eigenvalue weighted by Crippen LogP contribution is -2.45. The fraction of sp³-hybridized carbons (Fsp3) is 0.818. The Morgan fingerprint density at radius 1 is 1.56 bits per heavy atom. The number of rotatable bonds is 4. The second-order valence-electron chi connectivity index (χ2n) is 4.42. The van der Waals surface area contributed by atoms with Crippen molar-refractivity contribution in [1.29, 1.82) is 0 Å². The van der Waals surface area contributed by atoms with E-state index in [1.54, 1.807) is 11.9 Å². The zero-order chi connectivity index (χ0) is 12.1. The van der Waals surface area contributed by atoms with Crippen molar-refractivity contribution in [2.75, 3.05) is 26.7 Å². The van der Waals surface area contributed by atoms with Gasteiger partial charge in [-0.15, -0.1) is 0 Å². The van der Waals surface area contributed by atoms with E-state index in [1.807, 2.05) is 6.92 Å². The molecule has 0 aromatic heterocycles. The molecule has 0 bridgehead atoms. The fourth-order valence-corrected chi connectivity index (χ4v) is 2.08. The van der Waals surface area contributed by atoms with E-state index in [0.29, 0.717) is 26.1 Å². The maximum Gasteiger partial charge on any atom is 0.308 e. The van der Waals surface area contributed by atoms with Gasteiger partial charge in [-0.2, -0.15) is 0 Å². The van der Waals surface area contributed by atoms with Gasteiger partial charge in [-0.1, -0.05) is 6.92 Å². The van der Waals surface area contributed by atoms with Gasteiger partial charge in [0.25, 0.3) is 0 Å². The lowest BCUT2D eigenvalue weighted by Gasteiger charge is -2.32. The van der Waals surface area contributed by atoms with Crippen LogP contribution in [0.15, 0.2) is 0 Å². The fourth-order valence-electron chi connectivity index (χ4n) is 2.08. The number of piperidine rings is 1. The molecule has 2 N–H and O–H groups in total. The van der Waals surface area contributed by atoms with Crippen molar-refractivity contribution >= 4 is 11.9 Å². The van der Waals surface area contributed by atoms with Crippen molar-refractivity contribution < 1.29 is 14.7 Å². The van der Waals surface area contributed by atoms with E-state index >= 15 is 0 Å². The normalized spacial score (nSPS) is 22.9. The van der Waals surface area contributed by atoms with Crippen LogP contribution in [-0.2, 0) is 9.59 Å². The number of nitrogens with one attached hydrogen (secondary N) is 1. The average Bonchev–Trinajstić information content (AvgIpc) is 2.28. The summed E-state index contributed by atoms with van der Waals surface area (Å²) in [5.41, 5.74) is 0. The highest BCUT2D eigenvalue weighted by atomic mass is 16.4. The topological polar surface area (TPSA) is 69.6 Å². The molecule has 1 aliphatic rings. The Hall–Kier alpha value is -1.10. The highest BCUT2D eigenvalue weighted by Crippen LogP contribution is 2.18. The van der Waals surface area contributed by atoms with Crippen LogP contribution in [0, 0.1) is 11.8 Å². The molecule has 92 valence electrons. The van der Waals surface area contributed by atoms with Gasteiger partial charge in [0.1, 0.15) is 0 Å². The Bertz CT molecular complexity index is 268. The summed E-state index contributed by atoms with van der Waals surface area (Å²) in [5, 5.41) is 11.9. The minimum absolute atomic E-state index is 0.0558. The van der Waals surface area contributed by atoms with Crippen molar-refractivity contribution in [3.05, 3.63) is 0 Å². The largest absolute Gasteiger partial charge is 0.481 e. The first-order chi connectivity index (χ1) is 7.56. The number of likely N-dealkylation sites (tertiary alicyclic amines) is 1. The molecule has 1 rings (SSSR count). The number of hydrogen-bond donors (Lipinski definition) is 2. The molecule has 1 unspecified atom stereocenters. The van der Waals surface area contributed by atoms with Gasteiger partial charge in [0, 0.05) is 25.6 Å². The molecule has 2 atom stereocenters. The molecule has 1 aliphatic heterocycles. The van der Waals surface area contributed by atoms with Gasteiger partial charge in [0.2, 0.25) is 5.91 Å². The maximum absolute atomic E-state index is 11.9. The summed E-state index contributed by atoms with van der Waals surface area (Å²) in [6.45, 7) is 3.55. The van der Waals surface area contributed by atoms with E-state index in [1.165, 1.54) is 0 Å². The first-order valence-corrected chi connectivity index (χ1v) is 5.72. The van der Waals surface area contributed by atoms with Crippen LogP contribution in [0.5, 0.6) is 0 Å². The molecule has 0 spiro atoms. The molecule has 1 heterocycles. The molecule has 5 heteroatoms. The number of hydrogen-bond acceptors (Lipinski definition) is 3. The van der Waals surface area contributed by atoms with E-state index in [0.717, 1.165) is 6.42 Å². The SMILES string of the molecule is CNCC(C)C(=O)N1CCC[C@@H](C(=O)O)C1. The highest BCUT2D eigenvalue weighted by Gasteiger charge is 2.29. The Kier molecular flexibility index (Phi) is 4.73. The van der Waals surface area contributed by atoms with Gasteiger partial charge >= 0.3 is 5.97 Å². The lowest BCUT2D eigenvalue weighted by molar-refractivity contribution is -0.146. The zero-order valence-corrected chi connectivity index (χ0v) is 9.90. The summed E-state index contributed by atoms with van der Waals surface area (Å²) in [4.78, 5) is 24.5. The predicted molar refractivity (Wildman–Crippen MR) is 60.0 cm³/mol. The Morgan fingerprint density at radius 3 is 2.81 bits per heavy atom. The Morgan fingerprint density at radius 2 is 2.25 bits per heavy atom. The molecule has 5 nitrogen and oxygen atoms in total. The third-order valence-electron chi connectivity index (χ3n) is 3.01. The van der Waals surface area contributed by atoms with Crippen molar-refractivity contribution in [3.63, 3.8) is 0 Å². The third kappa shape index (κ3) is 3.20. The van der Waals surface area contributed by atoms with Gasteiger partial charge in [-0.3, -0.25) is 9.59 Å². The van der Waals surface area contributed by atoms with Crippen LogP contribution in [0.25, 0.3) is 0 Å². The Balaban J connectivity index is 2.53. The van der Waals surface area contributed by atoms with E-state index in [2.05, 4.69) is 5.32 Å². The molecule has 16 heavy (non-hydrogen) atoms. The summed E-state index contributed by atoms with van der Waals surface area (Å²) in [6.07, 6.45) is 1.47. The van der Waals surface area contributed by atoms with Gasteiger partial charge in [-0.05, 0) is 19.9 Å². The molecule has 1 saturated heterocycles. The first-order valence-electron chi connectivity index (χ1n) is 5.72. The molecule has 0 aromatic carbocycles. The molecular formula is C11H20N2O3. The lowest BCUT2D eigenvalue weighted by atomic mass is 9.97. The maximum atomic E-state index is 11.9. The van der Waals surface area contributed by atoms with Gasteiger partial charge in [0.05, 0.1) is 5.92 Å². The smallest absolute Gasteiger partial charge is 0.308 e. The summed E-state index contributed by atoms with van der Waals surface area (Å²) in [6, 6.07) is 0. The van der Waals surface area contributed by atoms with Crippen molar-refractivity contribution in [2.24, 2.45) is 11.8 Å². The number of nitrogens with zero attached hydrogens (tertiary/aromatic N) is 1. The number of carboxylic acid groups (broad SMARTS) is 1. The summed E-state index contributed by atoms with van der Waals surface area (Å²) in [5.74, 6) is -1.21. The highest BCUT2D eigenvalue weighted by molar-refractivity contribution is 5.80. The zero-order valence-electron chi connectivity index (χ0n) is 9.90. The quantitative estimate of drug-likeness (QED) is 0.719. The second kappa shape index (κ2) is 5.84. The summed E-state index contributed by atoms with van der Waals surface area (Å²) >= 11 is 0. The molecule has 0 saturated carbocycles. The van der Waals surface area contributed by atoms with Crippen LogP contribution in [0.1, 0.15) is 19.8 Å². The minimum atomic E-state index is -0.793. The molecule has 0 aromatic rings. The van der Waals surface area contributed by atoms with E-state index in [9.17, 15) is 9.59 Å². The van der Waals surface area contributed by atoms with Crippen molar-refractivity contribution in [2.45, 2.75) is 19.8 Å². The molecular weight excluding hydrogens is 208 g/mol. The van der Waals surface area contributed by atoms with Crippen LogP contribution in [0.4, 0.5) is 0 Å². The minimum Gasteiger partial charge on any atom is -0.481 e. The summed E-state index contributed by atoms with van der Waals surface area (Å²) < 4.78 is 0. The van der Waals surface area contributed by atoms with Crippen LogP contribution < -0.4 is 5.32 Å². The second-order valence-corrected chi connectivity index (χ2v) is 4.42. The number of carbonyl (C=O) groups is 2. The Labute approximate surface area is 95.8 Å². The predicted octanol–water partition coefficient (Wildman–Crippen LogP) is 0.165. The summed E-state index contributed by atoms with van der Waals surface area (Å²) in [7, 11) is 1.81. The number of aliphatic carboxylic acids is 1. The molecule has 1 fully saturated rings. The van der Waals surface area contributed by atoms with E-state index in [4.69, 9.17) is 5.11 Å². The van der Waals surface area contributed by atoms with Crippen LogP contribution in [0.2, 0.25) is 0 Å². The van der Waals surface area contributed by atoms with Gasteiger partial charge in [-0.25, -0.2) is 0 Å². The number of carbonyl (C=O) groups excluding carboxylic acids is 1. The van der Waals surface area contributed by atoms with Crippen LogP contribution in [0.3, 0.4) is 0 Å². The van der Waals surface area contributed by atoms with E-state index < -0.39 is 5.97 Å². The van der Waals surface area contributed by atoms with Gasteiger partial charge < -0.3 is 15.3 Å². The molecule has 1 amide bonds. The number of amides is 1. The van der Waals surface area contributed by atoms with Gasteiger partial charge in [0.15, 0.2) is 0 Å². The standard InChI is InChI=1S/C11H20N2O3/c1-8(6-12-2)10(14)13-5-3-4-9(7-13)11(15)16/h8-9,12H,3-7H2,1-2H3,(H,15,16)/t8?,9-/m1/s1. The van der Waals surface area contributed by atoms with E-state index in [-0.39, 0.29) is 17.7 Å². The monoisotopic (exact) mass is 228 g/mol. The van der Waals surface area contributed by atoms with Crippen molar-refractivity contribution in [3.8, 4) is 0 Å². The van der Waals surface area contributed by atoms with Crippen LogP contribution >= 0.6 is 0 Å².